The summed E-state index contributed by atoms with van der Waals surface area (Å²) >= 11 is -1.10. The summed E-state index contributed by atoms with van der Waals surface area (Å²) in [6, 6.07) is 0. The summed E-state index contributed by atoms with van der Waals surface area (Å²) in [4.78, 5) is 9.81. The molecule has 0 aliphatic heterocycles. The van der Waals surface area contributed by atoms with E-state index in [4.69, 9.17) is 26.5 Å². The number of carboxylic acid groups (broad SMARTS) is 1. The zero-order valence-corrected chi connectivity index (χ0v) is 17.0. The predicted molar refractivity (Wildman–Crippen MR) is 47.5 cm³/mol. The van der Waals surface area contributed by atoms with Crippen LogP contribution >= 0.6 is 27.9 Å². The van der Waals surface area contributed by atoms with Crippen molar-refractivity contribution in [1.82, 2.24) is 0 Å². The van der Waals surface area contributed by atoms with Crippen LogP contribution in [0.3, 0.4) is 0 Å². The fourth-order valence-corrected chi connectivity index (χ4v) is 3.11. The second-order valence-electron chi connectivity index (χ2n) is 1.04. The molecule has 2 nitrogen and oxygen atoms in total. The van der Waals surface area contributed by atoms with Crippen molar-refractivity contribution in [2.24, 2.45) is 0 Å². The zero-order chi connectivity index (χ0) is 10.8. The van der Waals surface area contributed by atoms with Gasteiger partial charge in [-0.25, -0.2) is 0 Å². The molecule has 0 heterocycles. The maximum absolute atomic E-state index is 9.81. The van der Waals surface area contributed by atoms with Crippen LogP contribution in [0, 0.1) is 61.4 Å². The number of carboxylic acids is 1. The summed E-state index contributed by atoms with van der Waals surface area (Å²) < 4.78 is 4.57. The van der Waals surface area contributed by atoms with E-state index in [2.05, 4.69) is 6.47 Å². The molecule has 0 amide bonds. The van der Waals surface area contributed by atoms with Gasteiger partial charge in [-0.2, -0.15) is 0 Å². The molecule has 0 spiro atoms. The molecule has 0 saturated carbocycles. The molecule has 1 N–H and O–H groups in total. The molecule has 0 aromatic carbocycles. The first-order chi connectivity index (χ1) is 5.42. The van der Waals surface area contributed by atoms with Crippen molar-refractivity contribution in [2.45, 2.75) is 2.14 Å². The molecule has 0 aromatic rings. The second kappa shape index (κ2) is 16.1. The Morgan fingerprint density at radius 2 is 1.58 bits per heavy atom. The molecule has 0 unspecified atom stereocenters. The average molecular weight is 593 g/mol. The van der Waals surface area contributed by atoms with E-state index in [-0.39, 0.29) is 2.14 Å². The Morgan fingerprint density at radius 1 is 1.33 bits per heavy atom. The fraction of sp³-hybridized carbons (Fsp3) is 0.500. The molecular formula is C2H3Cl5ErKO2Sm. The number of rotatable bonds is 2. The number of hydrogen-bond acceptors (Lipinski definition) is 1. The van der Waals surface area contributed by atoms with Crippen LogP contribution in [0.1, 0.15) is 0 Å². The first-order valence-electron chi connectivity index (χ1n) is 2.02. The van der Waals surface area contributed by atoms with Gasteiger partial charge in [0.2, 0.25) is 0 Å². The number of carbonyl (C=O) groups is 1. The molecule has 0 saturated heterocycles. The van der Waals surface area contributed by atoms with Gasteiger partial charge in [-0.3, -0.25) is 0 Å². The third-order valence-corrected chi connectivity index (χ3v) is 4.56. The topological polar surface area (TPSA) is 37.3 Å². The SMILES string of the molecule is O=C(O)[CH2][Sm]([Cl])([Cl])[Cl].[Cl][Er].[Cl][K]. The summed E-state index contributed by atoms with van der Waals surface area (Å²) in [7, 11) is 0. The van der Waals surface area contributed by atoms with E-state index in [1.165, 1.54) is 0 Å². The van der Waals surface area contributed by atoms with E-state index in [0.717, 1.165) is 0 Å². The Bertz CT molecular complexity index is 110. The van der Waals surface area contributed by atoms with E-state index >= 15 is 0 Å². The van der Waals surface area contributed by atoms with E-state index in [1.807, 2.05) is 33.9 Å². The van der Waals surface area contributed by atoms with Crippen molar-refractivity contribution < 1.29 is 71.3 Å². The van der Waals surface area contributed by atoms with Crippen molar-refractivity contribution in [3.8, 4) is 0 Å². The number of hydrogen-bond donors (Lipinski definition) is 1. The summed E-state index contributed by atoms with van der Waals surface area (Å²) in [5.41, 5.74) is 0. The van der Waals surface area contributed by atoms with Crippen LogP contribution < -0.4 is 0 Å². The minimum atomic E-state index is -3.52. The summed E-state index contributed by atoms with van der Waals surface area (Å²) in [6.45, 7) is 4.56. The van der Waals surface area contributed by atoms with Gasteiger partial charge in [-0.05, 0) is 0 Å². The van der Waals surface area contributed by atoms with Gasteiger partial charge in [0.25, 0.3) is 0 Å². The van der Waals surface area contributed by atoms with Crippen LogP contribution in [0.2, 0.25) is 2.14 Å². The van der Waals surface area contributed by atoms with Crippen molar-refractivity contribution in [2.75, 3.05) is 0 Å². The molecule has 0 bridgehead atoms. The fourth-order valence-electron chi connectivity index (χ4n) is 0.140. The molecule has 0 atom stereocenters. The minimum absolute atomic E-state index is 0.252. The van der Waals surface area contributed by atoms with E-state index in [9.17, 15) is 4.79 Å². The quantitative estimate of drug-likeness (QED) is 0.501. The van der Waals surface area contributed by atoms with Gasteiger partial charge < -0.3 is 0 Å². The first kappa shape index (κ1) is 22.3. The van der Waals surface area contributed by atoms with Crippen LogP contribution in [0.25, 0.3) is 0 Å². The molecule has 10 heteroatoms. The summed E-state index contributed by atoms with van der Waals surface area (Å²) in [5.74, 6) is 14.8. The molecule has 77 valence electrons. The molecule has 0 rings (SSSR count). The van der Waals surface area contributed by atoms with E-state index < -0.39 is 33.5 Å². The van der Waals surface area contributed by atoms with Gasteiger partial charge in [0.05, 0.1) is 0 Å². The molecule has 12 heavy (non-hydrogen) atoms. The molecule has 0 aliphatic rings. The van der Waals surface area contributed by atoms with Crippen molar-refractivity contribution in [1.29, 1.82) is 0 Å². The molecule has 0 fully saturated rings. The Morgan fingerprint density at radius 3 is 1.58 bits per heavy atom. The monoisotopic (exact) mass is 591 g/mol. The van der Waals surface area contributed by atoms with Crippen molar-refractivity contribution >= 4 is 81.0 Å². The van der Waals surface area contributed by atoms with Gasteiger partial charge >= 0.3 is 154 Å². The molecule has 0 radical (unpaired) electrons. The predicted octanol–water partition coefficient (Wildman–Crippen LogP) is 3.11. The third-order valence-electron chi connectivity index (χ3n) is 0.287. The second-order valence-corrected chi connectivity index (χ2v) is 20.4. The summed E-state index contributed by atoms with van der Waals surface area (Å²) in [6.07, 6.45) is 0. The number of halogens is 5. The standard InChI is InChI=1S/C2H3O2.5ClH.Er.K.Sm/c1-2(3)4;;;;;;;;/h1H2,(H,3,4);5*1H;;;/q;;;;;;2*+1;+3/p-5. The van der Waals surface area contributed by atoms with E-state index in [1.54, 1.807) is 0 Å². The third kappa shape index (κ3) is 29.4. The maximum atomic E-state index is 9.81. The van der Waals surface area contributed by atoms with Gasteiger partial charge in [-0.1, -0.05) is 0 Å². The van der Waals surface area contributed by atoms with Gasteiger partial charge in [0, 0.05) is 0 Å². The van der Waals surface area contributed by atoms with Crippen LogP contribution in [-0.2, 0) is 4.79 Å². The van der Waals surface area contributed by atoms with E-state index in [0.29, 0.717) is 47.1 Å². The van der Waals surface area contributed by atoms with Crippen LogP contribution in [0.5, 0.6) is 0 Å². The van der Waals surface area contributed by atoms with Gasteiger partial charge in [0.1, 0.15) is 0 Å². The molecule has 0 aliphatic carbocycles. The number of aliphatic carboxylic acids is 1. The van der Waals surface area contributed by atoms with Crippen molar-refractivity contribution in [3.63, 3.8) is 0 Å². The molecule has 0 aromatic heterocycles. The van der Waals surface area contributed by atoms with Gasteiger partial charge in [0.15, 0.2) is 0 Å². The van der Waals surface area contributed by atoms with Gasteiger partial charge in [-0.15, -0.1) is 0 Å². The normalized spacial score (nSPS) is 10.1. The van der Waals surface area contributed by atoms with Crippen LogP contribution in [0.15, 0.2) is 0 Å². The van der Waals surface area contributed by atoms with Crippen LogP contribution in [-0.4, -0.2) is 58.2 Å². The Balaban J connectivity index is -0.000000175. The first-order valence-corrected chi connectivity index (χ1v) is 20.3. The zero-order valence-electron chi connectivity index (χ0n) is 5.65. The van der Waals surface area contributed by atoms with Crippen molar-refractivity contribution in [3.05, 3.63) is 0 Å². The average Bonchev–Trinajstić information content (AvgIpc) is 1.91. The van der Waals surface area contributed by atoms with Crippen LogP contribution in [0.4, 0.5) is 0 Å². The Kier molecular flexibility index (Phi) is 30.0. The Hall–Kier alpha value is 5.14. The molecular weight excluding hydrogens is 590 g/mol. The summed E-state index contributed by atoms with van der Waals surface area (Å²) in [5, 5.41) is 8.05. The Labute approximate surface area is 149 Å².